The molecule has 12 heavy (non-hydrogen) atoms. The lowest BCUT2D eigenvalue weighted by atomic mass is 10.2. The lowest BCUT2D eigenvalue weighted by Crippen LogP contribution is -1.68. The first-order valence-electron chi connectivity index (χ1n) is 3.06. The van der Waals surface area contributed by atoms with Gasteiger partial charge >= 0.3 is 10.5 Å². The maximum Gasteiger partial charge on any atom is 0.316 e. The molecule has 0 amide bonds. The van der Waals surface area contributed by atoms with E-state index in [-0.39, 0.29) is 12.4 Å². The summed E-state index contributed by atoms with van der Waals surface area (Å²) >= 11 is 0. The summed E-state index contributed by atoms with van der Waals surface area (Å²) in [5.74, 6) is 0. The van der Waals surface area contributed by atoms with Gasteiger partial charge in [0.25, 0.3) is 0 Å². The van der Waals surface area contributed by atoms with Crippen LogP contribution in [-0.4, -0.2) is 8.42 Å². The number of aryl methyl sites for hydroxylation is 1. The second kappa shape index (κ2) is 4.90. The van der Waals surface area contributed by atoms with Crippen LogP contribution in [0.1, 0.15) is 5.56 Å². The van der Waals surface area contributed by atoms with Crippen molar-refractivity contribution in [2.75, 3.05) is 0 Å². The minimum absolute atomic E-state index is 0. The third kappa shape index (κ3) is 3.50. The average molecular weight is 206 g/mol. The fraction of sp³-hybridized carbons (Fsp3) is 0.143. The standard InChI is InChI=1S/C7H7NO2S.ClH/c1-6-2-4-7(5-3-6)8-11(9)10;/h2-5H,1H3;1H. The topological polar surface area (TPSA) is 46.5 Å². The van der Waals surface area contributed by atoms with E-state index < -0.39 is 10.5 Å². The summed E-state index contributed by atoms with van der Waals surface area (Å²) in [6, 6.07) is 6.94. The van der Waals surface area contributed by atoms with E-state index in [2.05, 4.69) is 4.36 Å². The molecule has 0 saturated carbocycles. The Morgan fingerprint density at radius 3 is 2.08 bits per heavy atom. The summed E-state index contributed by atoms with van der Waals surface area (Å²) in [7, 11) is -2.35. The summed E-state index contributed by atoms with van der Waals surface area (Å²) in [5.41, 5.74) is 1.55. The quantitative estimate of drug-likeness (QED) is 0.705. The van der Waals surface area contributed by atoms with Crippen molar-refractivity contribution in [1.29, 1.82) is 0 Å². The van der Waals surface area contributed by atoms with Gasteiger partial charge < -0.3 is 0 Å². The molecule has 1 rings (SSSR count). The highest BCUT2D eigenvalue weighted by Crippen LogP contribution is 2.11. The van der Waals surface area contributed by atoms with Crippen molar-refractivity contribution in [1.82, 2.24) is 0 Å². The number of nitrogens with zero attached hydrogens (tertiary/aromatic N) is 1. The van der Waals surface area contributed by atoms with Gasteiger partial charge in [0.1, 0.15) is 0 Å². The molecule has 0 aliphatic rings. The van der Waals surface area contributed by atoms with E-state index in [9.17, 15) is 8.42 Å². The van der Waals surface area contributed by atoms with E-state index in [1.54, 1.807) is 12.1 Å². The van der Waals surface area contributed by atoms with Crippen LogP contribution in [0.15, 0.2) is 28.6 Å². The monoisotopic (exact) mass is 205 g/mol. The Kier molecular flexibility index (Phi) is 4.54. The van der Waals surface area contributed by atoms with Crippen LogP contribution in [0, 0.1) is 6.92 Å². The zero-order valence-corrected chi connectivity index (χ0v) is 8.02. The normalized spacial score (nSPS) is 8.42. The minimum atomic E-state index is -2.35. The van der Waals surface area contributed by atoms with Crippen molar-refractivity contribution >= 4 is 28.6 Å². The van der Waals surface area contributed by atoms with E-state index in [1.807, 2.05) is 19.1 Å². The number of hydrogen-bond donors (Lipinski definition) is 0. The van der Waals surface area contributed by atoms with Gasteiger partial charge in [-0.1, -0.05) is 17.7 Å². The van der Waals surface area contributed by atoms with Crippen molar-refractivity contribution in [2.24, 2.45) is 4.36 Å². The maximum absolute atomic E-state index is 10.1. The van der Waals surface area contributed by atoms with Crippen LogP contribution in [-0.2, 0) is 10.5 Å². The van der Waals surface area contributed by atoms with Crippen molar-refractivity contribution in [3.8, 4) is 0 Å². The average Bonchev–Trinajstić information content (AvgIpc) is 1.93. The van der Waals surface area contributed by atoms with Gasteiger partial charge in [-0.25, -0.2) is 0 Å². The predicted molar refractivity (Wildman–Crippen MR) is 49.4 cm³/mol. The Morgan fingerprint density at radius 2 is 1.67 bits per heavy atom. The molecule has 0 heterocycles. The van der Waals surface area contributed by atoms with Crippen LogP contribution in [0.4, 0.5) is 5.69 Å². The summed E-state index contributed by atoms with van der Waals surface area (Å²) in [5, 5.41) is 0. The number of benzene rings is 1. The second-order valence-electron chi connectivity index (χ2n) is 2.14. The Morgan fingerprint density at radius 1 is 1.17 bits per heavy atom. The molecule has 0 unspecified atom stereocenters. The molecule has 0 atom stereocenters. The van der Waals surface area contributed by atoms with Crippen LogP contribution >= 0.6 is 12.4 Å². The predicted octanol–water partition coefficient (Wildman–Crippen LogP) is 2.11. The number of hydrogen-bond acceptors (Lipinski definition) is 3. The van der Waals surface area contributed by atoms with Crippen molar-refractivity contribution < 1.29 is 8.42 Å². The van der Waals surface area contributed by atoms with Gasteiger partial charge in [0.05, 0.1) is 5.69 Å². The van der Waals surface area contributed by atoms with Crippen molar-refractivity contribution in [2.45, 2.75) is 6.92 Å². The SMILES string of the molecule is Cc1ccc(N=S(=O)=O)cc1.Cl. The molecule has 0 radical (unpaired) electrons. The van der Waals surface area contributed by atoms with Gasteiger partial charge in [-0.2, -0.15) is 8.42 Å². The highest BCUT2D eigenvalue weighted by atomic mass is 35.5. The highest BCUT2D eigenvalue weighted by Gasteiger charge is 1.86. The van der Waals surface area contributed by atoms with Crippen LogP contribution in [0.25, 0.3) is 0 Å². The molecular formula is C7H8ClNO2S. The number of halogens is 1. The fourth-order valence-corrected chi connectivity index (χ4v) is 0.986. The van der Waals surface area contributed by atoms with Gasteiger partial charge in [-0.3, -0.25) is 0 Å². The first kappa shape index (κ1) is 11.1. The molecule has 0 bridgehead atoms. The summed E-state index contributed by atoms with van der Waals surface area (Å²) in [6.07, 6.45) is 0. The first-order chi connectivity index (χ1) is 5.18. The van der Waals surface area contributed by atoms with Gasteiger partial charge in [0.15, 0.2) is 0 Å². The van der Waals surface area contributed by atoms with Gasteiger partial charge in [0.2, 0.25) is 0 Å². The molecule has 1 aromatic carbocycles. The third-order valence-corrected chi connectivity index (χ3v) is 1.57. The largest absolute Gasteiger partial charge is 0.316 e. The van der Waals surface area contributed by atoms with Crippen LogP contribution in [0.3, 0.4) is 0 Å². The zero-order valence-electron chi connectivity index (χ0n) is 6.39. The van der Waals surface area contributed by atoms with Gasteiger partial charge in [-0.05, 0) is 19.1 Å². The van der Waals surface area contributed by atoms with Gasteiger partial charge in [-0.15, -0.1) is 16.8 Å². The smallest absolute Gasteiger partial charge is 0.163 e. The summed E-state index contributed by atoms with van der Waals surface area (Å²) in [6.45, 7) is 1.93. The van der Waals surface area contributed by atoms with E-state index in [1.165, 1.54) is 0 Å². The van der Waals surface area contributed by atoms with Crippen molar-refractivity contribution in [3.05, 3.63) is 29.8 Å². The molecule has 3 nitrogen and oxygen atoms in total. The Labute approximate surface area is 78.5 Å². The Balaban J connectivity index is 0.00000121. The molecule has 0 spiro atoms. The van der Waals surface area contributed by atoms with E-state index >= 15 is 0 Å². The zero-order chi connectivity index (χ0) is 8.27. The Bertz CT molecular complexity index is 361. The summed E-state index contributed by atoms with van der Waals surface area (Å²) < 4.78 is 23.5. The lowest BCUT2D eigenvalue weighted by Gasteiger charge is -1.89. The molecule has 0 aliphatic heterocycles. The molecule has 0 aromatic heterocycles. The number of rotatable bonds is 1. The Hall–Kier alpha value is -0.870. The summed E-state index contributed by atoms with van der Waals surface area (Å²) in [4.78, 5) is 0. The second-order valence-corrected chi connectivity index (χ2v) is 2.76. The van der Waals surface area contributed by atoms with E-state index in [4.69, 9.17) is 0 Å². The van der Waals surface area contributed by atoms with Crippen molar-refractivity contribution in [3.63, 3.8) is 0 Å². The molecule has 0 aliphatic carbocycles. The first-order valence-corrected chi connectivity index (χ1v) is 4.09. The molecular weight excluding hydrogens is 198 g/mol. The third-order valence-electron chi connectivity index (χ3n) is 1.21. The maximum atomic E-state index is 10.1. The van der Waals surface area contributed by atoms with Gasteiger partial charge in [0, 0.05) is 0 Å². The van der Waals surface area contributed by atoms with E-state index in [0.29, 0.717) is 5.69 Å². The fourth-order valence-electron chi connectivity index (χ4n) is 0.692. The molecule has 1 aromatic rings. The van der Waals surface area contributed by atoms with Crippen LogP contribution in [0.5, 0.6) is 0 Å². The molecule has 0 saturated heterocycles. The minimum Gasteiger partial charge on any atom is -0.163 e. The lowest BCUT2D eigenvalue weighted by molar-refractivity contribution is 0.622. The van der Waals surface area contributed by atoms with E-state index in [0.717, 1.165) is 5.56 Å². The van der Waals surface area contributed by atoms with Crippen LogP contribution in [0.2, 0.25) is 0 Å². The molecule has 66 valence electrons. The van der Waals surface area contributed by atoms with Crippen LogP contribution < -0.4 is 0 Å². The molecule has 0 N–H and O–H groups in total. The molecule has 5 heteroatoms. The highest BCUT2D eigenvalue weighted by molar-refractivity contribution is 7.61. The molecule has 0 fully saturated rings.